The van der Waals surface area contributed by atoms with Crippen molar-refractivity contribution in [1.82, 2.24) is 9.62 Å². The number of hydrogen-bond donors (Lipinski definition) is 1. The molecule has 0 aliphatic carbocycles. The van der Waals surface area contributed by atoms with Gasteiger partial charge in [0.25, 0.3) is 0 Å². The van der Waals surface area contributed by atoms with Crippen LogP contribution < -0.4 is 14.5 Å². The molecule has 4 rings (SSSR count). The Morgan fingerprint density at radius 3 is 2.48 bits per heavy atom. The lowest BCUT2D eigenvalue weighted by Crippen LogP contribution is -2.48. The molecule has 0 radical (unpaired) electrons. The number of benzene rings is 2. The molecule has 1 saturated heterocycles. The van der Waals surface area contributed by atoms with Gasteiger partial charge in [-0.15, -0.1) is 0 Å². The summed E-state index contributed by atoms with van der Waals surface area (Å²) < 4.78 is 42.0. The van der Waals surface area contributed by atoms with Crippen molar-refractivity contribution >= 4 is 27.3 Å². The van der Waals surface area contributed by atoms with Crippen LogP contribution in [-0.4, -0.2) is 65.0 Å². The van der Waals surface area contributed by atoms with Crippen molar-refractivity contribution in [2.24, 2.45) is 0 Å². The number of piperazine rings is 1. The molecule has 7 nitrogen and oxygen atoms in total. The summed E-state index contributed by atoms with van der Waals surface area (Å²) in [6.07, 6.45) is 0.657. The average molecular weight is 447 g/mol. The van der Waals surface area contributed by atoms with E-state index < -0.39 is 10.0 Å². The molecule has 1 amide bonds. The maximum atomic E-state index is 14.0. The van der Waals surface area contributed by atoms with Crippen LogP contribution in [0.3, 0.4) is 0 Å². The molecule has 2 aliphatic heterocycles. The van der Waals surface area contributed by atoms with Crippen molar-refractivity contribution < 1.29 is 17.6 Å². The Kier molecular flexibility index (Phi) is 6.27. The van der Waals surface area contributed by atoms with Crippen molar-refractivity contribution in [1.29, 1.82) is 0 Å². The first-order chi connectivity index (χ1) is 14.8. The van der Waals surface area contributed by atoms with Gasteiger partial charge in [-0.1, -0.05) is 12.1 Å². The van der Waals surface area contributed by atoms with Gasteiger partial charge in [0.2, 0.25) is 15.9 Å². The molecule has 9 heteroatoms. The van der Waals surface area contributed by atoms with E-state index in [0.717, 1.165) is 24.3 Å². The van der Waals surface area contributed by atoms with Crippen molar-refractivity contribution in [2.45, 2.75) is 18.2 Å². The van der Waals surface area contributed by atoms with E-state index in [-0.39, 0.29) is 16.6 Å². The van der Waals surface area contributed by atoms with Gasteiger partial charge in [-0.25, -0.2) is 17.5 Å². The highest BCUT2D eigenvalue weighted by Gasteiger charge is 2.25. The van der Waals surface area contributed by atoms with Crippen LogP contribution in [0.15, 0.2) is 47.4 Å². The second kappa shape index (κ2) is 8.94. The molecule has 2 heterocycles. The molecule has 2 aromatic rings. The first-order valence-corrected chi connectivity index (χ1v) is 12.0. The van der Waals surface area contributed by atoms with Gasteiger partial charge in [0.05, 0.1) is 10.6 Å². The van der Waals surface area contributed by atoms with Gasteiger partial charge in [0, 0.05) is 58.4 Å². The summed E-state index contributed by atoms with van der Waals surface area (Å²) in [5.41, 5.74) is 2.28. The highest BCUT2D eigenvalue weighted by Crippen LogP contribution is 2.30. The number of halogens is 1. The fourth-order valence-corrected chi connectivity index (χ4v) is 5.29. The third kappa shape index (κ3) is 4.73. The smallest absolute Gasteiger partial charge is 0.240 e. The number of anilines is 2. The number of rotatable bonds is 6. The van der Waals surface area contributed by atoms with Crippen molar-refractivity contribution in [2.75, 3.05) is 55.6 Å². The summed E-state index contributed by atoms with van der Waals surface area (Å²) >= 11 is 0. The number of carbonyl (C=O) groups excluding carboxylic acids is 1. The molecule has 0 saturated carbocycles. The van der Waals surface area contributed by atoms with Crippen LogP contribution in [0, 0.1) is 5.82 Å². The lowest BCUT2D eigenvalue weighted by molar-refractivity contribution is -0.116. The zero-order chi connectivity index (χ0) is 22.0. The summed E-state index contributed by atoms with van der Waals surface area (Å²) in [7, 11) is -3.62. The summed E-state index contributed by atoms with van der Waals surface area (Å²) in [4.78, 5) is 17.8. The zero-order valence-electron chi connectivity index (χ0n) is 17.6. The second-order valence-electron chi connectivity index (χ2n) is 7.89. The Hall–Kier alpha value is -2.49. The number of amides is 1. The third-order valence-electron chi connectivity index (χ3n) is 5.92. The minimum atomic E-state index is -3.62. The predicted octanol–water partition coefficient (Wildman–Crippen LogP) is 1.84. The SMILES string of the molecule is CC(=O)N1CCc2cc(S(=O)(=O)NCCN3CCN(c4ccccc4F)CC3)ccc21. The van der Waals surface area contributed by atoms with Crippen LogP contribution in [0.5, 0.6) is 0 Å². The summed E-state index contributed by atoms with van der Waals surface area (Å²) in [6, 6.07) is 11.7. The van der Waals surface area contributed by atoms with E-state index in [9.17, 15) is 17.6 Å². The number of para-hydroxylation sites is 1. The summed E-state index contributed by atoms with van der Waals surface area (Å²) in [5.74, 6) is -0.257. The average Bonchev–Trinajstić information content (AvgIpc) is 3.18. The number of nitrogens with one attached hydrogen (secondary N) is 1. The molecule has 2 aromatic carbocycles. The summed E-state index contributed by atoms with van der Waals surface area (Å²) in [5, 5.41) is 0. The molecule has 0 unspecified atom stereocenters. The minimum absolute atomic E-state index is 0.0393. The maximum absolute atomic E-state index is 14.0. The fourth-order valence-electron chi connectivity index (χ4n) is 4.21. The number of nitrogens with zero attached hydrogens (tertiary/aromatic N) is 3. The lowest BCUT2D eigenvalue weighted by atomic mass is 10.2. The Morgan fingerprint density at radius 1 is 1.03 bits per heavy atom. The van der Waals surface area contributed by atoms with Gasteiger partial charge >= 0.3 is 0 Å². The second-order valence-corrected chi connectivity index (χ2v) is 9.66. The van der Waals surface area contributed by atoms with Crippen LogP contribution >= 0.6 is 0 Å². The van der Waals surface area contributed by atoms with E-state index in [2.05, 4.69) is 9.62 Å². The number of hydrogen-bond acceptors (Lipinski definition) is 5. The highest BCUT2D eigenvalue weighted by molar-refractivity contribution is 7.89. The van der Waals surface area contributed by atoms with Crippen LogP contribution in [0.2, 0.25) is 0 Å². The third-order valence-corrected chi connectivity index (χ3v) is 7.38. The molecule has 166 valence electrons. The number of sulfonamides is 1. The highest BCUT2D eigenvalue weighted by atomic mass is 32.2. The Bertz CT molecular complexity index is 1070. The van der Waals surface area contributed by atoms with Gasteiger partial charge in [0.15, 0.2) is 0 Å². The standard InChI is InChI=1S/C22H27FN4O3S/c1-17(28)27-10-8-18-16-19(6-7-21(18)27)31(29,30)24-9-11-25-12-14-26(15-13-25)22-5-3-2-4-20(22)23/h2-7,16,24H,8-15H2,1H3. The van der Waals surface area contributed by atoms with Gasteiger partial charge in [-0.05, 0) is 42.3 Å². The van der Waals surface area contributed by atoms with Gasteiger partial charge in [-0.2, -0.15) is 0 Å². The lowest BCUT2D eigenvalue weighted by Gasteiger charge is -2.36. The van der Waals surface area contributed by atoms with E-state index in [1.54, 1.807) is 35.2 Å². The van der Waals surface area contributed by atoms with Crippen LogP contribution in [0.25, 0.3) is 0 Å². The topological polar surface area (TPSA) is 73.0 Å². The van der Waals surface area contributed by atoms with Crippen molar-refractivity contribution in [3.8, 4) is 0 Å². The first kappa shape index (κ1) is 21.7. The molecular weight excluding hydrogens is 419 g/mol. The monoisotopic (exact) mass is 446 g/mol. The maximum Gasteiger partial charge on any atom is 0.240 e. The van der Waals surface area contributed by atoms with Crippen LogP contribution in [-0.2, 0) is 21.2 Å². The van der Waals surface area contributed by atoms with E-state index in [1.165, 1.54) is 13.0 Å². The molecule has 0 aromatic heterocycles. The van der Waals surface area contributed by atoms with E-state index >= 15 is 0 Å². The summed E-state index contributed by atoms with van der Waals surface area (Å²) in [6.45, 7) is 5.88. The quantitative estimate of drug-likeness (QED) is 0.733. The van der Waals surface area contributed by atoms with E-state index in [0.29, 0.717) is 44.8 Å². The predicted molar refractivity (Wildman–Crippen MR) is 118 cm³/mol. The Labute approximate surface area is 182 Å². The number of fused-ring (bicyclic) bond motifs is 1. The molecule has 1 fully saturated rings. The first-order valence-electron chi connectivity index (χ1n) is 10.5. The largest absolute Gasteiger partial charge is 0.367 e. The molecule has 1 N–H and O–H groups in total. The Balaban J connectivity index is 1.29. The van der Waals surface area contributed by atoms with Gasteiger partial charge < -0.3 is 9.80 Å². The molecule has 0 atom stereocenters. The molecular formula is C22H27FN4O3S. The zero-order valence-corrected chi connectivity index (χ0v) is 18.4. The van der Waals surface area contributed by atoms with Crippen LogP contribution in [0.1, 0.15) is 12.5 Å². The van der Waals surface area contributed by atoms with E-state index in [1.807, 2.05) is 11.0 Å². The molecule has 2 aliphatic rings. The van der Waals surface area contributed by atoms with E-state index in [4.69, 9.17) is 0 Å². The van der Waals surface area contributed by atoms with Crippen LogP contribution in [0.4, 0.5) is 15.8 Å². The fraction of sp³-hybridized carbons (Fsp3) is 0.409. The molecule has 0 spiro atoms. The normalized spacial score (nSPS) is 17.1. The number of carbonyl (C=O) groups is 1. The Morgan fingerprint density at radius 2 is 1.77 bits per heavy atom. The van der Waals surface area contributed by atoms with Crippen molar-refractivity contribution in [3.05, 3.63) is 53.8 Å². The van der Waals surface area contributed by atoms with Crippen molar-refractivity contribution in [3.63, 3.8) is 0 Å². The molecule has 31 heavy (non-hydrogen) atoms. The molecule has 0 bridgehead atoms. The van der Waals surface area contributed by atoms with Gasteiger partial charge in [-0.3, -0.25) is 9.69 Å². The van der Waals surface area contributed by atoms with Gasteiger partial charge in [0.1, 0.15) is 5.82 Å². The minimum Gasteiger partial charge on any atom is -0.367 e.